The van der Waals surface area contributed by atoms with Gasteiger partial charge in [0.15, 0.2) is 12.4 Å². The number of ether oxygens (including phenoxy) is 4. The molecule has 0 aromatic rings. The minimum Gasteiger partial charge on any atom is -0.462 e. The first kappa shape index (κ1) is 53.4. The molecule has 1 saturated heterocycles. The third-order valence-electron chi connectivity index (χ3n) is 10.1. The van der Waals surface area contributed by atoms with Gasteiger partial charge in [0.2, 0.25) is 0 Å². The van der Waals surface area contributed by atoms with Crippen LogP contribution in [0.3, 0.4) is 0 Å². The third-order valence-corrected chi connectivity index (χ3v) is 10.1. The van der Waals surface area contributed by atoms with Crippen LogP contribution in [0.15, 0.2) is 60.8 Å². The van der Waals surface area contributed by atoms with Gasteiger partial charge in [-0.1, -0.05) is 145 Å². The SMILES string of the molecule is CC/C=C\C/C=C\C/C=C\C/C=C\CCCCCCCCC(=O)OC(COC(=O)CCCCCCC/C=C\CCCCCCC)COC1OC(CO)C(O)C(O)C1O. The summed E-state index contributed by atoms with van der Waals surface area (Å²) in [6, 6.07) is 0. The molecule has 0 aliphatic carbocycles. The van der Waals surface area contributed by atoms with Crippen LogP contribution in [0.4, 0.5) is 0 Å². The third kappa shape index (κ3) is 29.6. The standard InChI is InChI=1S/C48H82O10/c1-3-5-7-9-11-13-15-17-19-20-21-22-23-25-27-29-31-33-35-37-44(51)57-41(40-56-48-47(54)46(53)45(52)42(38-49)58-48)39-55-43(50)36-34-32-30-28-26-24-18-16-14-12-10-8-6-4-2/h5,7,11,13,16-19,21-22,41-42,45-49,52-54H,3-4,6,8-10,12,14-15,20,23-40H2,1-2H3/b7-5-,13-11-,18-16-,19-17-,22-21-. The highest BCUT2D eigenvalue weighted by Crippen LogP contribution is 2.22. The van der Waals surface area contributed by atoms with Crippen LogP contribution >= 0.6 is 0 Å². The maximum atomic E-state index is 12.8. The summed E-state index contributed by atoms with van der Waals surface area (Å²) >= 11 is 0. The molecule has 6 atom stereocenters. The molecule has 0 aromatic carbocycles. The second kappa shape index (κ2) is 38.6. The topological polar surface area (TPSA) is 152 Å². The van der Waals surface area contributed by atoms with Crippen molar-refractivity contribution in [2.45, 2.75) is 211 Å². The summed E-state index contributed by atoms with van der Waals surface area (Å²) in [6.45, 7) is 3.27. The molecule has 1 rings (SSSR count). The molecular weight excluding hydrogens is 737 g/mol. The van der Waals surface area contributed by atoms with Crippen molar-refractivity contribution in [1.29, 1.82) is 0 Å². The van der Waals surface area contributed by atoms with Crippen molar-refractivity contribution in [2.24, 2.45) is 0 Å². The van der Waals surface area contributed by atoms with E-state index in [9.17, 15) is 30.0 Å². The van der Waals surface area contributed by atoms with Gasteiger partial charge in [-0.25, -0.2) is 0 Å². The zero-order valence-electron chi connectivity index (χ0n) is 36.3. The van der Waals surface area contributed by atoms with E-state index in [4.69, 9.17) is 18.9 Å². The van der Waals surface area contributed by atoms with Crippen molar-refractivity contribution in [2.75, 3.05) is 19.8 Å². The van der Waals surface area contributed by atoms with E-state index >= 15 is 0 Å². The van der Waals surface area contributed by atoms with E-state index in [1.165, 1.54) is 38.5 Å². The Labute approximate surface area is 351 Å². The van der Waals surface area contributed by atoms with Crippen LogP contribution in [-0.4, -0.2) is 89.0 Å². The Morgan fingerprint density at radius 2 is 1.02 bits per heavy atom. The lowest BCUT2D eigenvalue weighted by molar-refractivity contribution is -0.305. The number of aliphatic hydroxyl groups excluding tert-OH is 4. The van der Waals surface area contributed by atoms with Crippen molar-refractivity contribution in [3.63, 3.8) is 0 Å². The second-order valence-corrected chi connectivity index (χ2v) is 15.5. The van der Waals surface area contributed by atoms with Gasteiger partial charge in [-0.2, -0.15) is 0 Å². The van der Waals surface area contributed by atoms with Crippen LogP contribution in [0.1, 0.15) is 174 Å². The molecule has 0 aromatic heterocycles. The molecule has 0 radical (unpaired) electrons. The first-order chi connectivity index (χ1) is 28.3. The number of aliphatic hydroxyl groups is 4. The second-order valence-electron chi connectivity index (χ2n) is 15.5. The van der Waals surface area contributed by atoms with Crippen molar-refractivity contribution < 1.29 is 49.0 Å². The van der Waals surface area contributed by atoms with Crippen molar-refractivity contribution >= 4 is 11.9 Å². The lowest BCUT2D eigenvalue weighted by atomic mass is 9.99. The molecule has 0 bridgehead atoms. The van der Waals surface area contributed by atoms with Crippen LogP contribution in [0.2, 0.25) is 0 Å². The van der Waals surface area contributed by atoms with Crippen LogP contribution in [0, 0.1) is 0 Å². The minimum absolute atomic E-state index is 0.210. The first-order valence-corrected chi connectivity index (χ1v) is 22.9. The Hall–Kier alpha value is -2.60. The Morgan fingerprint density at radius 1 is 0.552 bits per heavy atom. The van der Waals surface area contributed by atoms with E-state index in [0.29, 0.717) is 12.8 Å². The summed E-state index contributed by atoms with van der Waals surface area (Å²) in [6.07, 6.45) is 39.3. The molecule has 334 valence electrons. The van der Waals surface area contributed by atoms with Crippen LogP contribution < -0.4 is 0 Å². The van der Waals surface area contributed by atoms with Gasteiger partial charge in [0.1, 0.15) is 31.0 Å². The van der Waals surface area contributed by atoms with E-state index in [1.54, 1.807) is 0 Å². The quantitative estimate of drug-likeness (QED) is 0.0271. The summed E-state index contributed by atoms with van der Waals surface area (Å²) in [5.41, 5.74) is 0. The molecule has 1 aliphatic heterocycles. The number of hydrogen-bond acceptors (Lipinski definition) is 10. The van der Waals surface area contributed by atoms with E-state index in [1.807, 2.05) is 0 Å². The van der Waals surface area contributed by atoms with Crippen molar-refractivity contribution in [1.82, 2.24) is 0 Å². The van der Waals surface area contributed by atoms with Gasteiger partial charge >= 0.3 is 11.9 Å². The fourth-order valence-electron chi connectivity index (χ4n) is 6.53. The Balaban J connectivity index is 2.34. The highest BCUT2D eigenvalue weighted by Gasteiger charge is 2.44. The maximum absolute atomic E-state index is 12.8. The molecular formula is C48H82O10. The molecule has 58 heavy (non-hydrogen) atoms. The van der Waals surface area contributed by atoms with Gasteiger partial charge in [-0.15, -0.1) is 0 Å². The van der Waals surface area contributed by atoms with E-state index in [2.05, 4.69) is 74.6 Å². The summed E-state index contributed by atoms with van der Waals surface area (Å²) in [7, 11) is 0. The zero-order chi connectivity index (χ0) is 42.3. The molecule has 1 fully saturated rings. The fraction of sp³-hybridized carbons (Fsp3) is 0.750. The normalized spacial score (nSPS) is 20.7. The lowest BCUT2D eigenvalue weighted by Gasteiger charge is -2.39. The van der Waals surface area contributed by atoms with Gasteiger partial charge in [0.05, 0.1) is 13.2 Å². The monoisotopic (exact) mass is 819 g/mol. The maximum Gasteiger partial charge on any atom is 0.306 e. The zero-order valence-corrected chi connectivity index (χ0v) is 36.3. The lowest BCUT2D eigenvalue weighted by Crippen LogP contribution is -2.59. The number of allylic oxidation sites excluding steroid dienone is 10. The van der Waals surface area contributed by atoms with Crippen molar-refractivity contribution in [3.05, 3.63) is 60.8 Å². The van der Waals surface area contributed by atoms with Crippen LogP contribution in [0.5, 0.6) is 0 Å². The highest BCUT2D eigenvalue weighted by molar-refractivity contribution is 5.70. The van der Waals surface area contributed by atoms with Gasteiger partial charge in [-0.3, -0.25) is 9.59 Å². The van der Waals surface area contributed by atoms with E-state index in [-0.39, 0.29) is 26.1 Å². The Kier molecular flexibility index (Phi) is 35.5. The Morgan fingerprint density at radius 3 is 1.55 bits per heavy atom. The van der Waals surface area contributed by atoms with Gasteiger partial charge < -0.3 is 39.4 Å². The number of carbonyl (C=O) groups is 2. The average molecular weight is 819 g/mol. The molecule has 1 aliphatic rings. The molecule has 4 N–H and O–H groups in total. The summed E-state index contributed by atoms with van der Waals surface area (Å²) in [4.78, 5) is 25.3. The van der Waals surface area contributed by atoms with Crippen LogP contribution in [0.25, 0.3) is 0 Å². The van der Waals surface area contributed by atoms with E-state index in [0.717, 1.165) is 96.3 Å². The fourth-order valence-corrected chi connectivity index (χ4v) is 6.53. The van der Waals surface area contributed by atoms with E-state index < -0.39 is 55.4 Å². The van der Waals surface area contributed by atoms with Gasteiger partial charge in [0.25, 0.3) is 0 Å². The largest absolute Gasteiger partial charge is 0.462 e. The molecule has 0 amide bonds. The molecule has 0 spiro atoms. The van der Waals surface area contributed by atoms with Crippen molar-refractivity contribution in [3.8, 4) is 0 Å². The Bertz CT molecular complexity index is 1130. The number of carbonyl (C=O) groups excluding carboxylic acids is 2. The molecule has 0 saturated carbocycles. The average Bonchev–Trinajstić information content (AvgIpc) is 3.22. The molecule has 10 heteroatoms. The number of rotatable bonds is 37. The summed E-state index contributed by atoms with van der Waals surface area (Å²) in [5, 5.41) is 40.1. The van der Waals surface area contributed by atoms with Gasteiger partial charge in [0, 0.05) is 12.8 Å². The smallest absolute Gasteiger partial charge is 0.306 e. The summed E-state index contributed by atoms with van der Waals surface area (Å²) < 4.78 is 22.1. The molecule has 10 nitrogen and oxygen atoms in total. The van der Waals surface area contributed by atoms with Crippen LogP contribution in [-0.2, 0) is 28.5 Å². The highest BCUT2D eigenvalue weighted by atomic mass is 16.7. The predicted molar refractivity (Wildman–Crippen MR) is 233 cm³/mol. The minimum atomic E-state index is -1.60. The molecule has 6 unspecified atom stereocenters. The number of esters is 2. The number of unbranched alkanes of at least 4 members (excludes halogenated alkanes) is 16. The molecule has 1 heterocycles. The van der Waals surface area contributed by atoms with Gasteiger partial charge in [-0.05, 0) is 77.0 Å². The number of hydrogen-bond donors (Lipinski definition) is 4. The first-order valence-electron chi connectivity index (χ1n) is 22.9. The predicted octanol–water partition coefficient (Wildman–Crippen LogP) is 9.83. The summed E-state index contributed by atoms with van der Waals surface area (Å²) in [5.74, 6) is -0.836.